The van der Waals surface area contributed by atoms with Crippen molar-refractivity contribution in [1.82, 2.24) is 4.90 Å². The Hall–Kier alpha value is -0.730. The van der Waals surface area contributed by atoms with Gasteiger partial charge in [-0.15, -0.1) is 12.4 Å². The number of fused-ring (bicyclic) bond motifs is 1. The van der Waals surface area contributed by atoms with Crippen LogP contribution in [-0.2, 0) is 11.8 Å². The molecule has 0 aromatic heterocycles. The lowest BCUT2D eigenvalue weighted by Crippen LogP contribution is -2.61. The Morgan fingerprint density at radius 3 is 2.88 bits per heavy atom. The van der Waals surface area contributed by atoms with E-state index >= 15 is 0 Å². The van der Waals surface area contributed by atoms with Gasteiger partial charge in [0, 0.05) is 11.5 Å². The van der Waals surface area contributed by atoms with Crippen LogP contribution in [0.3, 0.4) is 0 Å². The monoisotopic (exact) mass is 349 g/mol. The third-order valence-electron chi connectivity index (χ3n) is 6.93. The fourth-order valence-corrected chi connectivity index (χ4v) is 5.77. The van der Waals surface area contributed by atoms with Gasteiger partial charge in [0.25, 0.3) is 0 Å². The van der Waals surface area contributed by atoms with Gasteiger partial charge >= 0.3 is 0 Å². The van der Waals surface area contributed by atoms with Gasteiger partial charge in [0.1, 0.15) is 5.75 Å². The van der Waals surface area contributed by atoms with Gasteiger partial charge in [-0.05, 0) is 80.3 Å². The van der Waals surface area contributed by atoms with E-state index < -0.39 is 0 Å². The van der Waals surface area contributed by atoms with Crippen molar-refractivity contribution in [3.63, 3.8) is 0 Å². The van der Waals surface area contributed by atoms with E-state index in [0.717, 1.165) is 17.9 Å². The minimum absolute atomic E-state index is 0. The average molecular weight is 350 g/mol. The number of piperidine rings is 1. The molecule has 1 N–H and O–H groups in total. The van der Waals surface area contributed by atoms with Gasteiger partial charge in [0.2, 0.25) is 0 Å². The number of aromatic hydroxyl groups is 1. The van der Waals surface area contributed by atoms with E-state index in [1.165, 1.54) is 69.2 Å². The summed E-state index contributed by atoms with van der Waals surface area (Å²) in [6.45, 7) is 7.20. The number of benzene rings is 1. The topological polar surface area (TPSA) is 23.5 Å². The largest absolute Gasteiger partial charge is 0.508 e. The second kappa shape index (κ2) is 6.88. The van der Waals surface area contributed by atoms with Crippen molar-refractivity contribution in [2.45, 2.75) is 70.3 Å². The Labute approximate surface area is 153 Å². The minimum atomic E-state index is 0. The Kier molecular flexibility index (Phi) is 5.18. The number of likely N-dealkylation sites (tertiary alicyclic amines) is 1. The second-order valence-electron chi connectivity index (χ2n) is 8.59. The molecule has 134 valence electrons. The third kappa shape index (κ3) is 2.86. The summed E-state index contributed by atoms with van der Waals surface area (Å²) >= 11 is 0. The predicted molar refractivity (Wildman–Crippen MR) is 102 cm³/mol. The highest BCUT2D eigenvalue weighted by Crippen LogP contribution is 2.56. The van der Waals surface area contributed by atoms with Gasteiger partial charge in [0.05, 0.1) is 0 Å². The van der Waals surface area contributed by atoms with Crippen molar-refractivity contribution in [2.75, 3.05) is 13.1 Å². The number of hydrogen-bond donors (Lipinski definition) is 1. The smallest absolute Gasteiger partial charge is 0.115 e. The molecule has 1 heterocycles. The van der Waals surface area contributed by atoms with Crippen molar-refractivity contribution in [2.24, 2.45) is 11.8 Å². The van der Waals surface area contributed by atoms with Crippen LogP contribution in [0.25, 0.3) is 0 Å². The maximum Gasteiger partial charge on any atom is 0.115 e. The molecule has 2 nitrogen and oxygen atoms in total. The predicted octanol–water partition coefficient (Wildman–Crippen LogP) is 4.92. The molecular weight excluding hydrogens is 318 g/mol. The fourth-order valence-electron chi connectivity index (χ4n) is 5.77. The zero-order valence-corrected chi connectivity index (χ0v) is 15.9. The van der Waals surface area contributed by atoms with E-state index in [2.05, 4.69) is 30.9 Å². The molecule has 2 aliphatic carbocycles. The Morgan fingerprint density at radius 2 is 2.08 bits per heavy atom. The van der Waals surface area contributed by atoms with E-state index in [9.17, 15) is 5.11 Å². The summed E-state index contributed by atoms with van der Waals surface area (Å²) < 4.78 is 0. The van der Waals surface area contributed by atoms with Gasteiger partial charge in [-0.1, -0.05) is 32.8 Å². The standard InChI is InChI=1S/C21H31NO.ClH/c1-15(2)8-11-22-12-10-21-9-4-3-5-18(21)20(22)13-16-6-7-17(23)14-19(16)21;/h6-7,14-15,18,20,23H,3-5,8-13H2,1-2H3;1H/t18-,20-,21-;/m0./s1. The van der Waals surface area contributed by atoms with Crippen molar-refractivity contribution in [3.8, 4) is 5.75 Å². The lowest BCUT2D eigenvalue weighted by atomic mass is 9.52. The number of halogens is 1. The molecule has 0 radical (unpaired) electrons. The number of nitrogens with zero attached hydrogens (tertiary/aromatic N) is 1. The molecular formula is C21H32ClNO. The van der Waals surface area contributed by atoms with E-state index in [0.29, 0.717) is 11.2 Å². The Balaban J connectivity index is 0.00000169. The number of phenolic OH excluding ortho intramolecular Hbond substituents is 1. The molecule has 3 aliphatic rings. The van der Waals surface area contributed by atoms with E-state index in [-0.39, 0.29) is 12.4 Å². The van der Waals surface area contributed by atoms with Gasteiger partial charge in [-0.25, -0.2) is 0 Å². The van der Waals surface area contributed by atoms with Crippen LogP contribution in [0.2, 0.25) is 0 Å². The summed E-state index contributed by atoms with van der Waals surface area (Å²) in [4.78, 5) is 2.81. The van der Waals surface area contributed by atoms with Crippen molar-refractivity contribution in [1.29, 1.82) is 0 Å². The zero-order valence-electron chi connectivity index (χ0n) is 15.1. The summed E-state index contributed by atoms with van der Waals surface area (Å²) in [5.41, 5.74) is 3.38. The molecule has 3 atom stereocenters. The quantitative estimate of drug-likeness (QED) is 0.837. The summed E-state index contributed by atoms with van der Waals surface area (Å²) in [7, 11) is 0. The Bertz CT molecular complexity index is 587. The fraction of sp³-hybridized carbons (Fsp3) is 0.714. The molecule has 1 aromatic carbocycles. The number of rotatable bonds is 3. The first-order valence-electron chi connectivity index (χ1n) is 9.66. The van der Waals surface area contributed by atoms with Crippen molar-refractivity contribution in [3.05, 3.63) is 29.3 Å². The Morgan fingerprint density at radius 1 is 1.25 bits per heavy atom. The summed E-state index contributed by atoms with van der Waals surface area (Å²) in [5.74, 6) is 2.07. The lowest BCUT2D eigenvalue weighted by Gasteiger charge is -2.59. The maximum atomic E-state index is 10.1. The molecule has 0 spiro atoms. The molecule has 24 heavy (non-hydrogen) atoms. The maximum absolute atomic E-state index is 10.1. The van der Waals surface area contributed by atoms with Gasteiger partial charge in [-0.2, -0.15) is 0 Å². The first-order valence-corrected chi connectivity index (χ1v) is 9.66. The first-order chi connectivity index (χ1) is 11.1. The molecule has 0 amide bonds. The van der Waals surface area contributed by atoms with Gasteiger partial charge < -0.3 is 5.11 Å². The molecule has 1 saturated heterocycles. The van der Waals surface area contributed by atoms with Crippen LogP contribution in [0.15, 0.2) is 18.2 Å². The molecule has 0 unspecified atom stereocenters. The van der Waals surface area contributed by atoms with Crippen LogP contribution in [0.5, 0.6) is 5.75 Å². The van der Waals surface area contributed by atoms with Crippen LogP contribution in [0, 0.1) is 11.8 Å². The van der Waals surface area contributed by atoms with Gasteiger partial charge in [-0.3, -0.25) is 4.90 Å². The second-order valence-corrected chi connectivity index (χ2v) is 8.59. The van der Waals surface area contributed by atoms with Crippen LogP contribution in [0.4, 0.5) is 0 Å². The average Bonchev–Trinajstić information content (AvgIpc) is 2.54. The molecule has 2 fully saturated rings. The molecule has 2 bridgehead atoms. The first kappa shape index (κ1) is 18.1. The van der Waals surface area contributed by atoms with Crippen molar-refractivity contribution < 1.29 is 5.11 Å². The van der Waals surface area contributed by atoms with Gasteiger partial charge in [0.15, 0.2) is 0 Å². The molecule has 1 aromatic rings. The van der Waals surface area contributed by atoms with Crippen LogP contribution >= 0.6 is 12.4 Å². The summed E-state index contributed by atoms with van der Waals surface area (Å²) in [6, 6.07) is 6.94. The van der Waals surface area contributed by atoms with Crippen molar-refractivity contribution >= 4 is 12.4 Å². The highest BCUT2D eigenvalue weighted by Gasteiger charge is 2.53. The van der Waals surface area contributed by atoms with Crippen LogP contribution < -0.4 is 0 Å². The van der Waals surface area contributed by atoms with E-state index in [1.54, 1.807) is 0 Å². The molecule has 4 rings (SSSR count). The number of phenols is 1. The molecule has 3 heteroatoms. The molecule has 1 saturated carbocycles. The van der Waals surface area contributed by atoms with Crippen LogP contribution in [-0.4, -0.2) is 29.1 Å². The SMILES string of the molecule is CC(C)CCN1CC[C@@]23CCCC[C@H]2[C@@H]1Cc1ccc(O)cc13.Cl. The summed E-state index contributed by atoms with van der Waals surface area (Å²) in [6.07, 6.45) is 9.29. The summed E-state index contributed by atoms with van der Waals surface area (Å²) in [5, 5.41) is 10.1. The van der Waals surface area contributed by atoms with Crippen LogP contribution in [0.1, 0.15) is 63.5 Å². The van der Waals surface area contributed by atoms with E-state index in [4.69, 9.17) is 0 Å². The molecule has 1 aliphatic heterocycles. The van der Waals surface area contributed by atoms with E-state index in [1.807, 2.05) is 6.07 Å². The highest BCUT2D eigenvalue weighted by molar-refractivity contribution is 5.85. The number of hydrogen-bond acceptors (Lipinski definition) is 2. The third-order valence-corrected chi connectivity index (χ3v) is 6.93. The minimum Gasteiger partial charge on any atom is -0.508 e. The highest BCUT2D eigenvalue weighted by atomic mass is 35.5. The normalized spacial score (nSPS) is 32.0. The lowest BCUT2D eigenvalue weighted by molar-refractivity contribution is -0.0130. The zero-order chi connectivity index (χ0) is 16.0.